The van der Waals surface area contributed by atoms with Crippen molar-refractivity contribution >= 4 is 5.69 Å². The van der Waals surface area contributed by atoms with Gasteiger partial charge in [0.15, 0.2) is 0 Å². The molecule has 3 N–H and O–H groups in total. The zero-order chi connectivity index (χ0) is 18.5. The Morgan fingerprint density at radius 1 is 1.15 bits per heavy atom. The molecule has 2 aromatic rings. The number of anilines is 1. The second-order valence-electron chi connectivity index (χ2n) is 7.52. The summed E-state index contributed by atoms with van der Waals surface area (Å²) in [6.45, 7) is 2.70. The predicted molar refractivity (Wildman–Crippen MR) is 112 cm³/mol. The van der Waals surface area contributed by atoms with E-state index in [1.54, 1.807) is 0 Å². The van der Waals surface area contributed by atoms with Crippen molar-refractivity contribution in [3.05, 3.63) is 71.2 Å². The van der Waals surface area contributed by atoms with Gasteiger partial charge < -0.3 is 16.0 Å². The lowest BCUT2D eigenvalue weighted by atomic mass is 9.92. The van der Waals surface area contributed by atoms with Crippen LogP contribution in [-0.4, -0.2) is 24.6 Å². The van der Waals surface area contributed by atoms with Gasteiger partial charge in [-0.05, 0) is 68.3 Å². The summed E-state index contributed by atoms with van der Waals surface area (Å²) < 4.78 is 0. The van der Waals surface area contributed by atoms with E-state index >= 15 is 0 Å². The topological polar surface area (TPSA) is 54.2 Å². The molecule has 1 atom stereocenters. The van der Waals surface area contributed by atoms with E-state index in [9.17, 15) is 0 Å². The van der Waals surface area contributed by atoms with Crippen molar-refractivity contribution < 1.29 is 0 Å². The van der Waals surface area contributed by atoms with Gasteiger partial charge in [-0.25, -0.2) is 0 Å². The first kappa shape index (κ1) is 18.2. The number of aryl methyl sites for hydroxylation is 1. The van der Waals surface area contributed by atoms with Gasteiger partial charge in [0, 0.05) is 36.7 Å². The second-order valence-corrected chi connectivity index (χ2v) is 7.52. The van der Waals surface area contributed by atoms with Crippen LogP contribution in [0.15, 0.2) is 54.4 Å². The Morgan fingerprint density at radius 3 is 2.96 bits per heavy atom. The largest absolute Gasteiger partial charge is 0.345 e. The molecule has 1 aromatic carbocycles. The summed E-state index contributed by atoms with van der Waals surface area (Å²) in [6, 6.07) is 13.4. The summed E-state index contributed by atoms with van der Waals surface area (Å²) in [5, 5.41) is 3.77. The molecule has 4 rings (SSSR count). The van der Waals surface area contributed by atoms with Gasteiger partial charge in [-0.2, -0.15) is 0 Å². The Labute approximate surface area is 162 Å². The monoisotopic (exact) mass is 362 g/mol. The van der Waals surface area contributed by atoms with Crippen LogP contribution >= 0.6 is 0 Å². The van der Waals surface area contributed by atoms with Crippen LogP contribution in [0.3, 0.4) is 0 Å². The molecule has 142 valence electrons. The third kappa shape index (κ3) is 4.07. The zero-order valence-electron chi connectivity index (χ0n) is 16.0. The average molecular weight is 363 g/mol. The van der Waals surface area contributed by atoms with Crippen molar-refractivity contribution in [2.45, 2.75) is 44.6 Å². The van der Waals surface area contributed by atoms with Crippen molar-refractivity contribution in [1.29, 1.82) is 0 Å². The van der Waals surface area contributed by atoms with Crippen LogP contribution in [0.5, 0.6) is 0 Å². The quantitative estimate of drug-likeness (QED) is 0.788. The van der Waals surface area contributed by atoms with E-state index in [4.69, 9.17) is 5.73 Å². The first-order valence-electron chi connectivity index (χ1n) is 10.3. The number of para-hydroxylation sites is 1. The Kier molecular flexibility index (Phi) is 5.85. The third-order valence-corrected chi connectivity index (χ3v) is 5.74. The molecular weight excluding hydrogens is 332 g/mol. The molecule has 0 amide bonds. The van der Waals surface area contributed by atoms with E-state index in [1.807, 2.05) is 6.20 Å². The van der Waals surface area contributed by atoms with Crippen LogP contribution in [-0.2, 0) is 12.8 Å². The van der Waals surface area contributed by atoms with Gasteiger partial charge in [-0.3, -0.25) is 4.98 Å². The van der Waals surface area contributed by atoms with Gasteiger partial charge in [0.25, 0.3) is 0 Å². The Hall–Kier alpha value is -2.17. The van der Waals surface area contributed by atoms with Crippen molar-refractivity contribution in [3.63, 3.8) is 0 Å². The number of allylic oxidation sites excluding steroid dienone is 1. The molecule has 1 aromatic heterocycles. The lowest BCUT2D eigenvalue weighted by Gasteiger charge is -2.33. The number of aromatic nitrogens is 1. The zero-order valence-corrected chi connectivity index (χ0v) is 16.0. The number of rotatable bonds is 7. The molecule has 2 heterocycles. The van der Waals surface area contributed by atoms with Crippen LogP contribution < -0.4 is 16.0 Å². The number of fused-ring (bicyclic) bond motifs is 2. The smallest absolute Gasteiger partial charge is 0.0605 e. The minimum Gasteiger partial charge on any atom is -0.345 e. The Balaban J connectivity index is 1.41. The lowest BCUT2D eigenvalue weighted by Crippen LogP contribution is -2.32. The number of nitrogens with one attached hydrogen (secondary N) is 1. The van der Waals surface area contributed by atoms with E-state index in [0.717, 1.165) is 45.3 Å². The fraction of sp³-hybridized carbons (Fsp3) is 0.435. The highest BCUT2D eigenvalue weighted by atomic mass is 15.2. The average Bonchev–Trinajstić information content (AvgIpc) is 2.73. The molecule has 1 aliphatic heterocycles. The highest BCUT2D eigenvalue weighted by molar-refractivity contribution is 5.61. The molecule has 27 heavy (non-hydrogen) atoms. The molecule has 1 aliphatic carbocycles. The van der Waals surface area contributed by atoms with Crippen molar-refractivity contribution in [1.82, 2.24) is 10.3 Å². The minimum atomic E-state index is 0.393. The molecule has 0 bridgehead atoms. The van der Waals surface area contributed by atoms with E-state index < -0.39 is 0 Å². The van der Waals surface area contributed by atoms with E-state index in [0.29, 0.717) is 6.04 Å². The SMILES string of the molecule is NCCCN1C(CCNC2CCCc3cccnc32)=CCc2ccccc21. The highest BCUT2D eigenvalue weighted by Gasteiger charge is 2.22. The number of nitrogens with zero attached hydrogens (tertiary/aromatic N) is 2. The van der Waals surface area contributed by atoms with Crippen LogP contribution in [0.1, 0.15) is 48.5 Å². The van der Waals surface area contributed by atoms with E-state index in [2.05, 4.69) is 57.7 Å². The standard InChI is InChI=1S/C23H30N4/c24-14-5-17-27-20(12-11-18-6-1-2-10-22(18)27)13-16-25-21-9-3-7-19-8-4-15-26-23(19)21/h1-2,4,6,8,10,12,15,21,25H,3,5,7,9,11,13-14,16-17,24H2. The highest BCUT2D eigenvalue weighted by Crippen LogP contribution is 2.31. The molecule has 1 unspecified atom stereocenters. The summed E-state index contributed by atoms with van der Waals surface area (Å²) in [7, 11) is 0. The van der Waals surface area contributed by atoms with Crippen LogP contribution in [0.25, 0.3) is 0 Å². The van der Waals surface area contributed by atoms with Crippen LogP contribution in [0.2, 0.25) is 0 Å². The fourth-order valence-corrected chi connectivity index (χ4v) is 4.37. The van der Waals surface area contributed by atoms with Gasteiger partial charge in [0.1, 0.15) is 0 Å². The molecule has 4 heteroatoms. The van der Waals surface area contributed by atoms with E-state index in [1.165, 1.54) is 41.0 Å². The maximum atomic E-state index is 5.79. The first-order chi connectivity index (χ1) is 13.4. The molecule has 0 radical (unpaired) electrons. The number of pyridine rings is 1. The maximum Gasteiger partial charge on any atom is 0.0605 e. The second kappa shape index (κ2) is 8.68. The van der Waals surface area contributed by atoms with Crippen LogP contribution in [0, 0.1) is 0 Å². The first-order valence-corrected chi connectivity index (χ1v) is 10.3. The predicted octanol–water partition coefficient (Wildman–Crippen LogP) is 3.73. The van der Waals surface area contributed by atoms with Gasteiger partial charge in [-0.15, -0.1) is 0 Å². The van der Waals surface area contributed by atoms with Crippen molar-refractivity contribution in [2.24, 2.45) is 5.73 Å². The molecule has 0 fully saturated rings. The number of benzene rings is 1. The minimum absolute atomic E-state index is 0.393. The van der Waals surface area contributed by atoms with Gasteiger partial charge in [-0.1, -0.05) is 30.3 Å². The van der Waals surface area contributed by atoms with E-state index in [-0.39, 0.29) is 0 Å². The molecule has 0 saturated carbocycles. The molecule has 2 aliphatic rings. The summed E-state index contributed by atoms with van der Waals surface area (Å²) >= 11 is 0. The van der Waals surface area contributed by atoms with Crippen LogP contribution in [0.4, 0.5) is 5.69 Å². The maximum absolute atomic E-state index is 5.79. The van der Waals surface area contributed by atoms with Gasteiger partial charge in [0.2, 0.25) is 0 Å². The molecule has 0 spiro atoms. The summed E-state index contributed by atoms with van der Waals surface area (Å²) in [5.41, 5.74) is 12.6. The van der Waals surface area contributed by atoms with Gasteiger partial charge in [0.05, 0.1) is 5.69 Å². The molecule has 0 saturated heterocycles. The number of nitrogens with two attached hydrogens (primary N) is 1. The molecular formula is C23H30N4. The number of hydrogen-bond donors (Lipinski definition) is 2. The summed E-state index contributed by atoms with van der Waals surface area (Å²) in [4.78, 5) is 7.12. The number of hydrogen-bond acceptors (Lipinski definition) is 4. The van der Waals surface area contributed by atoms with Gasteiger partial charge >= 0.3 is 0 Å². The summed E-state index contributed by atoms with van der Waals surface area (Å²) in [5.74, 6) is 0. The Morgan fingerprint density at radius 2 is 2.04 bits per heavy atom. The summed E-state index contributed by atoms with van der Waals surface area (Å²) in [6.07, 6.45) is 11.0. The lowest BCUT2D eigenvalue weighted by molar-refractivity contribution is 0.450. The fourth-order valence-electron chi connectivity index (χ4n) is 4.37. The molecule has 4 nitrogen and oxygen atoms in total. The van der Waals surface area contributed by atoms with Crippen molar-refractivity contribution in [3.8, 4) is 0 Å². The third-order valence-electron chi connectivity index (χ3n) is 5.74. The Bertz CT molecular complexity index is 798. The van der Waals surface area contributed by atoms with Crippen molar-refractivity contribution in [2.75, 3.05) is 24.5 Å². The normalized spacial score (nSPS) is 18.6.